The van der Waals surface area contributed by atoms with Gasteiger partial charge in [-0.2, -0.15) is 0 Å². The van der Waals surface area contributed by atoms with Crippen molar-refractivity contribution in [1.29, 1.82) is 10.8 Å². The van der Waals surface area contributed by atoms with Gasteiger partial charge in [-0.05, 0) is 167 Å². The summed E-state index contributed by atoms with van der Waals surface area (Å²) in [6, 6.07) is 91.9. The van der Waals surface area contributed by atoms with Crippen LogP contribution in [-0.4, -0.2) is 27.7 Å². The molecule has 14 heteroatoms. The highest BCUT2D eigenvalue weighted by atomic mass is 32.2. The molecule has 3 unspecified atom stereocenters. The van der Waals surface area contributed by atoms with E-state index < -0.39 is 0 Å². The molecular weight excluding hydrogens is 1350 g/mol. The summed E-state index contributed by atoms with van der Waals surface area (Å²) in [6.07, 6.45) is 14.7. The number of thiophene rings is 2. The Morgan fingerprint density at radius 3 is 1.66 bits per heavy atom. The molecule has 1 fully saturated rings. The van der Waals surface area contributed by atoms with Crippen LogP contribution in [0, 0.1) is 10.8 Å². The van der Waals surface area contributed by atoms with Crippen LogP contribution in [0.1, 0.15) is 35.6 Å². The fourth-order valence-corrected chi connectivity index (χ4v) is 21.9. The van der Waals surface area contributed by atoms with Gasteiger partial charge >= 0.3 is 0 Å². The number of benzene rings is 13. The van der Waals surface area contributed by atoms with Crippen LogP contribution in [0.4, 0.5) is 28.4 Å². The van der Waals surface area contributed by atoms with Crippen LogP contribution in [0.2, 0.25) is 0 Å². The second-order valence-electron chi connectivity index (χ2n) is 26.7. The van der Waals surface area contributed by atoms with E-state index in [1.54, 1.807) is 18.5 Å². The number of nitrogens with two attached hydrogens (primary N) is 2. The first-order valence-electron chi connectivity index (χ1n) is 35.0. The first-order chi connectivity index (χ1) is 51.4. The first kappa shape index (κ1) is 62.0. The van der Waals surface area contributed by atoms with E-state index in [0.29, 0.717) is 5.70 Å². The molecule has 0 amide bonds. The minimum atomic E-state index is -0.102. The lowest BCUT2D eigenvalue weighted by molar-refractivity contribution is 0.669. The van der Waals surface area contributed by atoms with Gasteiger partial charge in [0.15, 0.2) is 0 Å². The molecule has 0 spiro atoms. The SMILES string of the molecule is N=C/C=C(\C=N)N(c1cc2c(c3sc4ccccc4c13)c1c3c(sc4ccccc43)c(N(C(/C=C\N)=C/N)C3CC=C(c4ccccc4)S3)cc1n2-c1ccc(N(c2cccc3oc4cc5ccccc5cc4c23)c2cccc3oc4cc5ccccc5cc4c23)cc1)C1CCC(c2ccccc2)S1. The molecule has 6 N–H and O–H groups in total. The Morgan fingerprint density at radius 2 is 1.04 bits per heavy atom. The maximum absolute atomic E-state index is 9.30. The molecule has 500 valence electrons. The van der Waals surface area contributed by atoms with Crippen LogP contribution in [-0.2, 0) is 0 Å². The van der Waals surface area contributed by atoms with Gasteiger partial charge in [0.05, 0.1) is 71.4 Å². The number of aromatic nitrogens is 1. The number of furan rings is 2. The van der Waals surface area contributed by atoms with Crippen molar-refractivity contribution < 1.29 is 8.83 Å². The van der Waals surface area contributed by atoms with Crippen molar-refractivity contribution in [3.05, 3.63) is 308 Å². The molecule has 10 nitrogen and oxygen atoms in total. The van der Waals surface area contributed by atoms with Crippen molar-refractivity contribution in [2.24, 2.45) is 11.5 Å². The van der Waals surface area contributed by atoms with Crippen LogP contribution in [0.3, 0.4) is 0 Å². The lowest BCUT2D eigenvalue weighted by Crippen LogP contribution is -2.31. The summed E-state index contributed by atoms with van der Waals surface area (Å²) in [4.78, 5) is 8.43. The highest BCUT2D eigenvalue weighted by Gasteiger charge is 2.37. The van der Waals surface area contributed by atoms with E-state index in [1.165, 1.54) is 33.2 Å². The second-order valence-corrected chi connectivity index (χ2v) is 31.4. The molecule has 0 radical (unpaired) electrons. The molecule has 2 aliphatic heterocycles. The van der Waals surface area contributed by atoms with Gasteiger partial charge in [0.2, 0.25) is 0 Å². The summed E-state index contributed by atoms with van der Waals surface area (Å²) in [5.74, 6) is 0. The zero-order chi connectivity index (χ0) is 69.3. The topological polar surface area (TPSA) is 141 Å². The summed E-state index contributed by atoms with van der Waals surface area (Å²) in [5, 5.41) is 33.5. The summed E-state index contributed by atoms with van der Waals surface area (Å²) < 4.78 is 20.9. The van der Waals surface area contributed by atoms with Crippen molar-refractivity contribution >= 4 is 220 Å². The number of hydrogen-bond acceptors (Lipinski definition) is 13. The number of fused-ring (bicyclic) bond motifs is 19. The monoisotopic (exact) mass is 1420 g/mol. The average Bonchev–Trinajstić information content (AvgIpc) is 1.52. The van der Waals surface area contributed by atoms with E-state index in [0.717, 1.165) is 182 Å². The summed E-state index contributed by atoms with van der Waals surface area (Å²) >= 11 is 7.44. The average molecular weight is 1420 g/mol. The van der Waals surface area contributed by atoms with Gasteiger partial charge in [-0.1, -0.05) is 164 Å². The molecular formula is C90H64N8O2S4. The van der Waals surface area contributed by atoms with E-state index in [9.17, 15) is 5.41 Å². The summed E-state index contributed by atoms with van der Waals surface area (Å²) in [5.41, 5.74) is 28.3. The van der Waals surface area contributed by atoms with E-state index in [-0.39, 0.29) is 16.0 Å². The van der Waals surface area contributed by atoms with Gasteiger partial charge in [0.25, 0.3) is 0 Å². The number of nitrogens with one attached hydrogen (secondary N) is 2. The molecule has 1 saturated heterocycles. The predicted octanol–water partition coefficient (Wildman–Crippen LogP) is 25.3. The van der Waals surface area contributed by atoms with Crippen molar-refractivity contribution in [3.8, 4) is 5.69 Å². The van der Waals surface area contributed by atoms with Gasteiger partial charge < -0.3 is 50.4 Å². The minimum Gasteiger partial charge on any atom is -0.456 e. The number of nitrogens with zero attached hydrogens (tertiary/aromatic N) is 4. The van der Waals surface area contributed by atoms with Gasteiger partial charge in [0, 0.05) is 97.3 Å². The van der Waals surface area contributed by atoms with E-state index in [4.69, 9.17) is 25.7 Å². The Labute approximate surface area is 614 Å². The maximum Gasteiger partial charge on any atom is 0.137 e. The molecule has 7 heterocycles. The smallest absolute Gasteiger partial charge is 0.137 e. The lowest BCUT2D eigenvalue weighted by Gasteiger charge is -2.32. The normalized spacial score (nSPS) is 16.1. The summed E-state index contributed by atoms with van der Waals surface area (Å²) in [6.45, 7) is 0. The quantitative estimate of drug-likeness (QED) is 0.0583. The van der Waals surface area contributed by atoms with Crippen LogP contribution < -0.4 is 26.2 Å². The van der Waals surface area contributed by atoms with Gasteiger partial charge in [-0.15, -0.1) is 46.2 Å². The molecule has 0 aliphatic carbocycles. The lowest BCUT2D eigenvalue weighted by atomic mass is 10.0. The molecule has 2 aliphatic rings. The minimum absolute atomic E-state index is 0.0792. The van der Waals surface area contributed by atoms with E-state index >= 15 is 0 Å². The van der Waals surface area contributed by atoms with E-state index in [2.05, 4.69) is 280 Å². The highest BCUT2D eigenvalue weighted by Crippen LogP contribution is 2.58. The third kappa shape index (κ3) is 9.84. The number of anilines is 5. The standard InChI is InChI=1S/C90H64N8O2S4/c91-43-41-61(51-93)97(81-39-37-77(101-81)53-17-3-1-4-18-53)69-49-71-88(90-85(69)63-25-11-13-31-79(63)104-90)87-70(50-72(89-86(87)64-26-12-14-32-80(64)103-89)98(62(52-94)42-44-92)82-40-38-78(102-82)54-19-5-2-6-20-54)96(71)60-35-33-59(34-36-60)95(67-27-15-29-73-83(67)65-45-55-21-7-9-23-57(55)47-75(65)99-73)68-28-16-30-74-84(68)66-46-56-22-8-10-24-58(56)48-76(66)100-74/h1-36,38,41-52,77,81-82,91,93H,37,39-40,92,94H2/b44-42-,61-41+,62-52+,91-43?,93-51?. The Balaban J connectivity index is 0.890. The Morgan fingerprint density at radius 1 is 0.471 bits per heavy atom. The molecule has 0 saturated carbocycles. The Bertz CT molecular complexity index is 6570. The van der Waals surface area contributed by atoms with Crippen molar-refractivity contribution in [3.63, 3.8) is 0 Å². The van der Waals surface area contributed by atoms with Crippen LogP contribution in [0.5, 0.6) is 0 Å². The van der Waals surface area contributed by atoms with Crippen molar-refractivity contribution in [2.75, 3.05) is 14.7 Å². The number of thioether (sulfide) groups is 2. The number of rotatable bonds is 15. The second kappa shape index (κ2) is 25.0. The van der Waals surface area contributed by atoms with Crippen LogP contribution in [0.15, 0.2) is 306 Å². The van der Waals surface area contributed by atoms with Crippen molar-refractivity contribution in [2.45, 2.75) is 35.3 Å². The molecule has 5 aromatic heterocycles. The molecule has 104 heavy (non-hydrogen) atoms. The molecule has 3 atom stereocenters. The first-order valence-corrected chi connectivity index (χ1v) is 38.4. The zero-order valence-corrected chi connectivity index (χ0v) is 59.3. The summed E-state index contributed by atoms with van der Waals surface area (Å²) in [7, 11) is 0. The van der Waals surface area contributed by atoms with Crippen molar-refractivity contribution in [1.82, 2.24) is 4.57 Å². The van der Waals surface area contributed by atoms with Gasteiger partial charge in [-0.25, -0.2) is 0 Å². The third-order valence-corrected chi connectivity index (χ3v) is 26.3. The molecule has 18 aromatic rings. The fraction of sp³-hybridized carbons (Fsp3) is 0.0667. The highest BCUT2D eigenvalue weighted by molar-refractivity contribution is 8.09. The predicted molar refractivity (Wildman–Crippen MR) is 447 cm³/mol. The third-order valence-electron chi connectivity index (χ3n) is 21.0. The molecule has 0 bridgehead atoms. The van der Waals surface area contributed by atoms with Gasteiger partial charge in [-0.3, -0.25) is 0 Å². The number of hydrogen-bond donors (Lipinski definition) is 4. The largest absolute Gasteiger partial charge is 0.456 e. The molecule has 13 aromatic carbocycles. The van der Waals surface area contributed by atoms with Crippen LogP contribution in [0.25, 0.3) is 138 Å². The Kier molecular flexibility index (Phi) is 14.9. The maximum atomic E-state index is 9.30. The Hall–Kier alpha value is -11.8. The number of allylic oxidation sites excluding steroid dienone is 3. The fourth-order valence-electron chi connectivity index (χ4n) is 16.5. The van der Waals surface area contributed by atoms with Crippen LogP contribution >= 0.6 is 46.2 Å². The molecule has 20 rings (SSSR count). The van der Waals surface area contributed by atoms with E-state index in [1.807, 2.05) is 52.3 Å². The van der Waals surface area contributed by atoms with Gasteiger partial charge in [0.1, 0.15) is 22.3 Å². The zero-order valence-electron chi connectivity index (χ0n) is 56.0.